The molecule has 0 radical (unpaired) electrons. The van der Waals surface area contributed by atoms with E-state index in [1.807, 2.05) is 13.8 Å². The lowest BCUT2D eigenvalue weighted by Crippen LogP contribution is -2.29. The number of unbranched alkanes of at least 4 members (excludes halogenated alkanes) is 1. The Hall–Kier alpha value is -4.15. The fourth-order valence-electron chi connectivity index (χ4n) is 4.91. The van der Waals surface area contributed by atoms with Gasteiger partial charge in [0.15, 0.2) is 17.4 Å². The van der Waals surface area contributed by atoms with Crippen molar-refractivity contribution in [2.45, 2.75) is 64.9 Å². The molecule has 1 aromatic heterocycles. The van der Waals surface area contributed by atoms with Crippen LogP contribution >= 0.6 is 0 Å². The van der Waals surface area contributed by atoms with Crippen molar-refractivity contribution in [1.82, 2.24) is 4.57 Å². The lowest BCUT2D eigenvalue weighted by atomic mass is 9.87. The van der Waals surface area contributed by atoms with Gasteiger partial charge in [0.2, 0.25) is 0 Å². The monoisotopic (exact) mass is 588 g/mol. The quantitative estimate of drug-likeness (QED) is 0.123. The van der Waals surface area contributed by atoms with E-state index in [9.17, 15) is 23.2 Å². The van der Waals surface area contributed by atoms with Crippen LogP contribution in [0.25, 0.3) is 5.69 Å². The Kier molecular flexibility index (Phi) is 9.38. The molecule has 1 fully saturated rings. The van der Waals surface area contributed by atoms with Crippen LogP contribution in [0.4, 0.5) is 23.4 Å². The summed E-state index contributed by atoms with van der Waals surface area (Å²) in [7, 11) is 0. The molecule has 2 aromatic carbocycles. The molecule has 4 rings (SSSR count). The first-order valence-electron chi connectivity index (χ1n) is 13.7. The lowest BCUT2D eigenvalue weighted by Gasteiger charge is -2.24. The van der Waals surface area contributed by atoms with Crippen LogP contribution in [0, 0.1) is 28.7 Å². The van der Waals surface area contributed by atoms with Crippen molar-refractivity contribution in [3.05, 3.63) is 87.2 Å². The van der Waals surface area contributed by atoms with Gasteiger partial charge in [-0.1, -0.05) is 0 Å². The van der Waals surface area contributed by atoms with Gasteiger partial charge in [-0.05, 0) is 77.0 Å². The molecular formula is C31H32F4N2O5. The third kappa shape index (κ3) is 6.83. The minimum absolute atomic E-state index is 0.0140. The molecule has 42 heavy (non-hydrogen) atoms. The Balaban J connectivity index is 1.43. The van der Waals surface area contributed by atoms with E-state index >= 15 is 8.78 Å². The second kappa shape index (κ2) is 12.8. The first-order valence-corrected chi connectivity index (χ1v) is 13.7. The highest BCUT2D eigenvalue weighted by atomic mass is 19.1. The molecule has 0 atom stereocenters. The van der Waals surface area contributed by atoms with Gasteiger partial charge in [-0.15, -0.1) is 0 Å². The summed E-state index contributed by atoms with van der Waals surface area (Å²) in [6.45, 7) is 3.75. The zero-order valence-corrected chi connectivity index (χ0v) is 23.4. The number of nitrogens with zero attached hydrogens (tertiary/aromatic N) is 1. The smallest absolute Gasteiger partial charge is 0.311 e. The number of aromatic nitrogens is 1. The number of pyridine rings is 1. The Morgan fingerprint density at radius 2 is 1.57 bits per heavy atom. The van der Waals surface area contributed by atoms with Gasteiger partial charge in [0.25, 0.3) is 5.56 Å². The van der Waals surface area contributed by atoms with E-state index in [-0.39, 0.29) is 24.4 Å². The lowest BCUT2D eigenvalue weighted by molar-refractivity contribution is -0.159. The molecule has 1 aliphatic carbocycles. The van der Waals surface area contributed by atoms with Gasteiger partial charge in [0.1, 0.15) is 35.0 Å². The molecule has 0 spiro atoms. The number of hydrogen-bond donors (Lipinski definition) is 1. The van der Waals surface area contributed by atoms with E-state index in [1.54, 1.807) is 0 Å². The van der Waals surface area contributed by atoms with Crippen molar-refractivity contribution in [2.24, 2.45) is 5.41 Å². The highest BCUT2D eigenvalue weighted by molar-refractivity contribution is 6.11. The normalized spacial score (nSPS) is 13.8. The first kappa shape index (κ1) is 30.8. The van der Waals surface area contributed by atoms with Gasteiger partial charge in [0, 0.05) is 24.3 Å². The maximum atomic E-state index is 15.1. The number of hydrogen-bond acceptors (Lipinski definition) is 6. The second-order valence-corrected chi connectivity index (χ2v) is 11.0. The second-order valence-electron chi connectivity index (χ2n) is 11.0. The van der Waals surface area contributed by atoms with Crippen molar-refractivity contribution in [3.63, 3.8) is 0 Å². The van der Waals surface area contributed by atoms with Gasteiger partial charge in [-0.25, -0.2) is 17.6 Å². The molecule has 1 aliphatic rings. The Bertz CT molecular complexity index is 1520. The van der Waals surface area contributed by atoms with E-state index in [4.69, 9.17) is 15.2 Å². The number of rotatable bonds is 11. The zero-order chi connectivity index (χ0) is 30.6. The van der Waals surface area contributed by atoms with Gasteiger partial charge in [0.05, 0.1) is 23.1 Å². The van der Waals surface area contributed by atoms with Crippen molar-refractivity contribution in [2.75, 3.05) is 12.3 Å². The van der Waals surface area contributed by atoms with Gasteiger partial charge in [-0.2, -0.15) is 0 Å². The molecule has 2 N–H and O–H groups in total. The summed E-state index contributed by atoms with van der Waals surface area (Å²) >= 11 is 0. The summed E-state index contributed by atoms with van der Waals surface area (Å²) in [5.74, 6) is -6.45. The van der Waals surface area contributed by atoms with Crippen molar-refractivity contribution in [1.29, 1.82) is 0 Å². The number of carbonyl (C=O) groups is 2. The van der Waals surface area contributed by atoms with Crippen LogP contribution in [0.1, 0.15) is 74.7 Å². The van der Waals surface area contributed by atoms with Gasteiger partial charge in [-0.3, -0.25) is 19.0 Å². The van der Waals surface area contributed by atoms with E-state index in [2.05, 4.69) is 0 Å². The molecule has 0 aliphatic heterocycles. The number of halogens is 4. The number of nitrogens with two attached hydrogens (primary N) is 1. The SMILES string of the molecule is CC(C)(CCCCOc1cc(F)c(-n2c(N)c(C(=O)c3ccc(F)cc3F)ccc2=O)c(F)c1)C(=O)OC1CCCC1. The first-order chi connectivity index (χ1) is 19.9. The predicted molar refractivity (Wildman–Crippen MR) is 148 cm³/mol. The van der Waals surface area contributed by atoms with Crippen molar-refractivity contribution >= 4 is 17.6 Å². The molecule has 7 nitrogen and oxygen atoms in total. The fourth-order valence-corrected chi connectivity index (χ4v) is 4.91. The van der Waals surface area contributed by atoms with E-state index < -0.39 is 62.7 Å². The fraction of sp³-hybridized carbons (Fsp3) is 0.387. The third-order valence-electron chi connectivity index (χ3n) is 7.36. The number of benzene rings is 2. The number of esters is 1. The van der Waals surface area contributed by atoms with Crippen molar-refractivity contribution in [3.8, 4) is 11.4 Å². The number of ketones is 1. The van der Waals surface area contributed by atoms with E-state index in [0.29, 0.717) is 29.9 Å². The number of ether oxygens (including phenoxy) is 2. The van der Waals surface area contributed by atoms with Crippen LogP contribution in [0.15, 0.2) is 47.3 Å². The standard InChI is InChI=1S/C31H32F4N2O5/c1-31(2,30(40)42-19-7-3-4-8-19)13-5-6-14-41-20-16-24(34)27(25(35)17-20)37-26(38)12-11-22(29(37)36)28(39)21-10-9-18(32)15-23(21)33/h9-12,15-17,19H,3-8,13-14,36H2,1-2H3. The number of anilines is 1. The molecular weight excluding hydrogens is 556 g/mol. The summed E-state index contributed by atoms with van der Waals surface area (Å²) in [5.41, 5.74) is 2.57. The van der Waals surface area contributed by atoms with Gasteiger partial charge < -0.3 is 15.2 Å². The van der Waals surface area contributed by atoms with Crippen molar-refractivity contribution < 1.29 is 36.6 Å². The average molecular weight is 589 g/mol. The highest BCUT2D eigenvalue weighted by Crippen LogP contribution is 2.30. The molecule has 1 saturated carbocycles. The molecule has 0 saturated heterocycles. The minimum atomic E-state index is -1.19. The maximum absolute atomic E-state index is 15.1. The minimum Gasteiger partial charge on any atom is -0.493 e. The number of carbonyl (C=O) groups excluding carboxylic acids is 2. The van der Waals surface area contributed by atoms with Crippen LogP contribution in [-0.4, -0.2) is 29.0 Å². The maximum Gasteiger partial charge on any atom is 0.311 e. The van der Waals surface area contributed by atoms with Crippen LogP contribution < -0.4 is 16.0 Å². The van der Waals surface area contributed by atoms with E-state index in [1.165, 1.54) is 0 Å². The van der Waals surface area contributed by atoms with E-state index in [0.717, 1.165) is 62.1 Å². The molecule has 11 heteroatoms. The van der Waals surface area contributed by atoms with Crippen LogP contribution in [-0.2, 0) is 9.53 Å². The number of nitrogen functional groups attached to an aromatic ring is 1. The largest absolute Gasteiger partial charge is 0.493 e. The Morgan fingerprint density at radius 1 is 0.929 bits per heavy atom. The summed E-state index contributed by atoms with van der Waals surface area (Å²) < 4.78 is 69.3. The topological polar surface area (TPSA) is 101 Å². The molecule has 0 unspecified atom stereocenters. The summed E-state index contributed by atoms with van der Waals surface area (Å²) in [4.78, 5) is 38.0. The average Bonchev–Trinajstić information content (AvgIpc) is 3.42. The summed E-state index contributed by atoms with van der Waals surface area (Å²) in [5, 5.41) is 0. The zero-order valence-electron chi connectivity index (χ0n) is 23.4. The molecule has 1 heterocycles. The Labute approximate surface area is 240 Å². The predicted octanol–water partition coefficient (Wildman–Crippen LogP) is 6.27. The van der Waals surface area contributed by atoms with Gasteiger partial charge >= 0.3 is 5.97 Å². The molecule has 224 valence electrons. The molecule has 0 amide bonds. The molecule has 0 bridgehead atoms. The summed E-state index contributed by atoms with van der Waals surface area (Å²) in [6, 6.07) is 5.89. The van der Waals surface area contributed by atoms with Crippen LogP contribution in [0.5, 0.6) is 5.75 Å². The van der Waals surface area contributed by atoms with Crippen LogP contribution in [0.3, 0.4) is 0 Å². The highest BCUT2D eigenvalue weighted by Gasteiger charge is 2.32. The third-order valence-corrected chi connectivity index (χ3v) is 7.36. The summed E-state index contributed by atoms with van der Waals surface area (Å²) in [6.07, 6.45) is 5.55. The molecule has 3 aromatic rings. The Morgan fingerprint density at radius 3 is 2.21 bits per heavy atom. The van der Waals surface area contributed by atoms with Crippen LogP contribution in [0.2, 0.25) is 0 Å².